The van der Waals surface area contributed by atoms with Gasteiger partial charge in [0.2, 0.25) is 5.95 Å². The van der Waals surface area contributed by atoms with Crippen LogP contribution in [0.1, 0.15) is 10.4 Å². The first-order valence-electron chi connectivity index (χ1n) is 4.89. The zero-order valence-corrected chi connectivity index (χ0v) is 9.10. The molecule has 0 bridgehead atoms. The second-order valence-electron chi connectivity index (χ2n) is 3.25. The third kappa shape index (κ3) is 2.20. The van der Waals surface area contributed by atoms with Gasteiger partial charge in [-0.2, -0.15) is 0 Å². The summed E-state index contributed by atoms with van der Waals surface area (Å²) in [5.74, 6) is -0.0929. The number of aromatic amines is 1. The van der Waals surface area contributed by atoms with Crippen molar-refractivity contribution >= 4 is 11.9 Å². The van der Waals surface area contributed by atoms with Crippen LogP contribution in [0.4, 0.5) is 5.95 Å². The number of imidazole rings is 1. The number of benzene rings is 1. The summed E-state index contributed by atoms with van der Waals surface area (Å²) >= 11 is 0. The number of anilines is 1. The van der Waals surface area contributed by atoms with E-state index in [-0.39, 0.29) is 17.1 Å². The Balaban J connectivity index is 2.25. The summed E-state index contributed by atoms with van der Waals surface area (Å²) in [7, 11) is 1.42. The molecular weight excluding hydrogens is 222 g/mol. The molecule has 88 valence electrons. The molecule has 2 aromatic rings. The standard InChI is InChI=1S/C11H11N3O3/c1-17-8-4-2-3-7(9(8)15)10(16)14-11-12-5-6-13-11/h2-6,15H,1H3,(H2,12,13,14,16). The molecule has 2 rings (SSSR count). The largest absolute Gasteiger partial charge is 0.504 e. The summed E-state index contributed by atoms with van der Waals surface area (Å²) < 4.78 is 4.92. The first-order chi connectivity index (χ1) is 8.22. The number of hydrogen-bond acceptors (Lipinski definition) is 4. The number of H-pyrrole nitrogens is 1. The summed E-state index contributed by atoms with van der Waals surface area (Å²) in [5.41, 5.74) is 0.126. The predicted octanol–water partition coefficient (Wildman–Crippen LogP) is 1.38. The minimum atomic E-state index is -0.462. The highest BCUT2D eigenvalue weighted by atomic mass is 16.5. The van der Waals surface area contributed by atoms with Gasteiger partial charge in [-0.15, -0.1) is 0 Å². The van der Waals surface area contributed by atoms with Gasteiger partial charge in [0.25, 0.3) is 5.91 Å². The van der Waals surface area contributed by atoms with Crippen molar-refractivity contribution in [1.82, 2.24) is 9.97 Å². The van der Waals surface area contributed by atoms with Crippen LogP contribution in [-0.4, -0.2) is 28.1 Å². The van der Waals surface area contributed by atoms with Gasteiger partial charge in [0.15, 0.2) is 11.5 Å². The highest BCUT2D eigenvalue weighted by Crippen LogP contribution is 2.29. The van der Waals surface area contributed by atoms with Crippen molar-refractivity contribution in [3.63, 3.8) is 0 Å². The lowest BCUT2D eigenvalue weighted by atomic mass is 10.1. The number of aromatic nitrogens is 2. The molecule has 0 radical (unpaired) electrons. The molecule has 0 saturated carbocycles. The molecule has 6 nitrogen and oxygen atoms in total. The van der Waals surface area contributed by atoms with Crippen molar-refractivity contribution in [3.8, 4) is 11.5 Å². The van der Waals surface area contributed by atoms with Gasteiger partial charge >= 0.3 is 0 Å². The van der Waals surface area contributed by atoms with Crippen molar-refractivity contribution in [2.75, 3.05) is 12.4 Å². The molecule has 0 fully saturated rings. The van der Waals surface area contributed by atoms with Crippen molar-refractivity contribution in [2.45, 2.75) is 0 Å². The predicted molar refractivity (Wildman–Crippen MR) is 61.2 cm³/mol. The number of rotatable bonds is 3. The van der Waals surface area contributed by atoms with Crippen molar-refractivity contribution in [2.24, 2.45) is 0 Å². The number of methoxy groups -OCH3 is 1. The summed E-state index contributed by atoms with van der Waals surface area (Å²) in [6.45, 7) is 0. The van der Waals surface area contributed by atoms with Crippen LogP contribution in [0.5, 0.6) is 11.5 Å². The smallest absolute Gasteiger partial charge is 0.261 e. The topological polar surface area (TPSA) is 87.2 Å². The minimum absolute atomic E-state index is 0.126. The Morgan fingerprint density at radius 1 is 1.53 bits per heavy atom. The van der Waals surface area contributed by atoms with E-state index >= 15 is 0 Å². The third-order valence-corrected chi connectivity index (χ3v) is 2.19. The third-order valence-electron chi connectivity index (χ3n) is 2.19. The molecular formula is C11H11N3O3. The van der Waals surface area contributed by atoms with Crippen LogP contribution in [0.25, 0.3) is 0 Å². The molecule has 0 unspecified atom stereocenters. The quantitative estimate of drug-likeness (QED) is 0.747. The van der Waals surface area contributed by atoms with E-state index in [1.807, 2.05) is 0 Å². The van der Waals surface area contributed by atoms with Crippen molar-refractivity contribution in [1.29, 1.82) is 0 Å². The fourth-order valence-corrected chi connectivity index (χ4v) is 1.38. The van der Waals surface area contributed by atoms with Gasteiger partial charge in [0.05, 0.1) is 12.7 Å². The number of amides is 1. The van der Waals surface area contributed by atoms with Crippen LogP contribution in [0.3, 0.4) is 0 Å². The Bertz CT molecular complexity index is 523. The second-order valence-corrected chi connectivity index (χ2v) is 3.25. The maximum Gasteiger partial charge on any atom is 0.261 e. The Morgan fingerprint density at radius 3 is 3.00 bits per heavy atom. The molecule has 1 aromatic heterocycles. The molecule has 0 aliphatic rings. The van der Waals surface area contributed by atoms with E-state index in [0.29, 0.717) is 5.95 Å². The van der Waals surface area contributed by atoms with E-state index in [4.69, 9.17) is 4.74 Å². The van der Waals surface area contributed by atoms with Crippen LogP contribution in [0.2, 0.25) is 0 Å². The van der Waals surface area contributed by atoms with Crippen LogP contribution in [0, 0.1) is 0 Å². The average molecular weight is 233 g/mol. The molecule has 0 atom stereocenters. The highest BCUT2D eigenvalue weighted by Gasteiger charge is 2.15. The lowest BCUT2D eigenvalue weighted by Gasteiger charge is -2.07. The fourth-order valence-electron chi connectivity index (χ4n) is 1.38. The Kier molecular flexibility index (Phi) is 2.95. The van der Waals surface area contributed by atoms with Crippen LogP contribution in [0.15, 0.2) is 30.6 Å². The number of aromatic hydroxyl groups is 1. The van der Waals surface area contributed by atoms with Gasteiger partial charge in [-0.1, -0.05) is 6.07 Å². The summed E-state index contributed by atoms with van der Waals surface area (Å²) in [5, 5.41) is 12.3. The number of carbonyl (C=O) groups excluding carboxylic acids is 1. The highest BCUT2D eigenvalue weighted by molar-refractivity contribution is 6.05. The zero-order valence-electron chi connectivity index (χ0n) is 9.10. The summed E-state index contributed by atoms with van der Waals surface area (Å²) in [6.07, 6.45) is 3.10. The van der Waals surface area contributed by atoms with Gasteiger partial charge in [-0.05, 0) is 12.1 Å². The van der Waals surface area contributed by atoms with E-state index < -0.39 is 5.91 Å². The van der Waals surface area contributed by atoms with Crippen molar-refractivity contribution < 1.29 is 14.6 Å². The van der Waals surface area contributed by atoms with Gasteiger partial charge in [-0.25, -0.2) is 4.98 Å². The van der Waals surface area contributed by atoms with E-state index in [2.05, 4.69) is 15.3 Å². The van der Waals surface area contributed by atoms with Crippen LogP contribution < -0.4 is 10.1 Å². The summed E-state index contributed by atoms with van der Waals surface area (Å²) in [4.78, 5) is 18.4. The van der Waals surface area contributed by atoms with E-state index in [9.17, 15) is 9.90 Å². The average Bonchev–Trinajstić information content (AvgIpc) is 2.82. The van der Waals surface area contributed by atoms with Gasteiger partial charge in [-0.3, -0.25) is 10.1 Å². The molecule has 1 amide bonds. The fraction of sp³-hybridized carbons (Fsp3) is 0.0909. The summed E-state index contributed by atoms with van der Waals surface area (Å²) in [6, 6.07) is 4.69. The molecule has 3 N–H and O–H groups in total. The molecule has 0 aliphatic heterocycles. The molecule has 1 aromatic carbocycles. The second kappa shape index (κ2) is 4.56. The molecule has 1 heterocycles. The number of phenolic OH excluding ortho intramolecular Hbond substituents is 1. The zero-order chi connectivity index (χ0) is 12.3. The van der Waals surface area contributed by atoms with E-state index in [1.54, 1.807) is 18.3 Å². The van der Waals surface area contributed by atoms with Gasteiger partial charge in [0, 0.05) is 12.4 Å². The lowest BCUT2D eigenvalue weighted by molar-refractivity contribution is 0.102. The molecule has 0 saturated heterocycles. The number of nitrogens with one attached hydrogen (secondary N) is 2. The van der Waals surface area contributed by atoms with E-state index in [1.165, 1.54) is 19.4 Å². The number of carbonyl (C=O) groups is 1. The number of para-hydroxylation sites is 1. The molecule has 0 spiro atoms. The molecule has 17 heavy (non-hydrogen) atoms. The first-order valence-corrected chi connectivity index (χ1v) is 4.89. The lowest BCUT2D eigenvalue weighted by Crippen LogP contribution is -2.13. The molecule has 0 aliphatic carbocycles. The maximum atomic E-state index is 11.8. The monoisotopic (exact) mass is 233 g/mol. The van der Waals surface area contributed by atoms with Crippen LogP contribution >= 0.6 is 0 Å². The SMILES string of the molecule is COc1cccc(C(=O)Nc2ncc[nH]2)c1O. The van der Waals surface area contributed by atoms with Crippen LogP contribution in [-0.2, 0) is 0 Å². The van der Waals surface area contributed by atoms with Gasteiger partial charge < -0.3 is 14.8 Å². The normalized spacial score (nSPS) is 9.94. The Labute approximate surface area is 97.3 Å². The van der Waals surface area contributed by atoms with Gasteiger partial charge in [0.1, 0.15) is 0 Å². The number of hydrogen-bond donors (Lipinski definition) is 3. The number of nitrogens with zero attached hydrogens (tertiary/aromatic N) is 1. The Morgan fingerprint density at radius 2 is 2.35 bits per heavy atom. The van der Waals surface area contributed by atoms with Crippen molar-refractivity contribution in [3.05, 3.63) is 36.2 Å². The maximum absolute atomic E-state index is 11.8. The first kappa shape index (κ1) is 11.0. The minimum Gasteiger partial charge on any atom is -0.504 e. The Hall–Kier alpha value is -2.50. The van der Waals surface area contributed by atoms with E-state index in [0.717, 1.165) is 0 Å². The number of phenols is 1. The number of ether oxygens (including phenoxy) is 1. The molecule has 6 heteroatoms.